The highest BCUT2D eigenvalue weighted by Gasteiger charge is 2.44. The Bertz CT molecular complexity index is 952. The van der Waals surface area contributed by atoms with Crippen LogP contribution in [0.1, 0.15) is 40.9 Å². The van der Waals surface area contributed by atoms with Crippen LogP contribution in [-0.2, 0) is 11.8 Å². The van der Waals surface area contributed by atoms with E-state index >= 15 is 0 Å². The summed E-state index contributed by atoms with van der Waals surface area (Å²) in [6.07, 6.45) is 7.89. The Morgan fingerprint density at radius 2 is 1.97 bits per heavy atom. The largest absolute Gasteiger partial charge is 0.368 e. The molecule has 2 aromatic rings. The second-order valence-electron chi connectivity index (χ2n) is 8.91. The Hall–Kier alpha value is -2.74. The molecule has 30 heavy (non-hydrogen) atoms. The number of amides is 1. The maximum absolute atomic E-state index is 13.0. The average molecular weight is 408 g/mol. The molecule has 1 unspecified atom stereocenters. The molecule has 0 radical (unpaired) electrons. The first-order valence-electron chi connectivity index (χ1n) is 10.8. The summed E-state index contributed by atoms with van der Waals surface area (Å²) in [5.74, 6) is 1.33. The van der Waals surface area contributed by atoms with Crippen molar-refractivity contribution < 1.29 is 4.79 Å². The number of anilines is 2. The number of piperazine rings is 1. The van der Waals surface area contributed by atoms with Gasteiger partial charge >= 0.3 is 0 Å². The van der Waals surface area contributed by atoms with Crippen molar-refractivity contribution in [1.82, 2.24) is 24.8 Å². The normalized spacial score (nSPS) is 24.3. The first-order valence-corrected chi connectivity index (χ1v) is 10.8. The van der Waals surface area contributed by atoms with Gasteiger partial charge in [0.05, 0.1) is 5.69 Å². The number of rotatable bonds is 2. The number of aryl methyl sites for hydroxylation is 1. The van der Waals surface area contributed by atoms with Gasteiger partial charge in [-0.05, 0) is 50.4 Å². The number of nitrogens with zero attached hydrogens (tertiary/aromatic N) is 6. The van der Waals surface area contributed by atoms with Gasteiger partial charge in [-0.2, -0.15) is 0 Å². The minimum absolute atomic E-state index is 0.00376. The number of likely N-dealkylation sites (N-methyl/N-ethyl adjacent to an activating group) is 1. The minimum Gasteiger partial charge on any atom is -0.368 e. The van der Waals surface area contributed by atoms with E-state index in [9.17, 15) is 4.79 Å². The van der Waals surface area contributed by atoms with E-state index in [0.29, 0.717) is 5.95 Å². The highest BCUT2D eigenvalue weighted by Crippen LogP contribution is 2.44. The van der Waals surface area contributed by atoms with E-state index in [4.69, 9.17) is 5.73 Å². The zero-order valence-corrected chi connectivity index (χ0v) is 17.5. The van der Waals surface area contributed by atoms with Gasteiger partial charge in [0.25, 0.3) is 5.91 Å². The molecule has 8 heteroatoms. The lowest BCUT2D eigenvalue weighted by Gasteiger charge is -2.41. The molecule has 2 aromatic heterocycles. The predicted octanol–water partition coefficient (Wildman–Crippen LogP) is 1.33. The number of carbonyl (C=O) groups excluding carboxylic acids is 1. The molecule has 3 aliphatic rings. The van der Waals surface area contributed by atoms with Crippen LogP contribution in [0.5, 0.6) is 0 Å². The highest BCUT2D eigenvalue weighted by atomic mass is 16.2. The zero-order valence-electron chi connectivity index (χ0n) is 17.5. The van der Waals surface area contributed by atoms with E-state index in [1.54, 1.807) is 6.20 Å². The summed E-state index contributed by atoms with van der Waals surface area (Å²) in [7, 11) is 2.10. The van der Waals surface area contributed by atoms with Crippen molar-refractivity contribution in [2.45, 2.75) is 31.1 Å². The third-order valence-corrected chi connectivity index (χ3v) is 6.94. The molecule has 2 aliphatic heterocycles. The van der Waals surface area contributed by atoms with Crippen LogP contribution in [0, 0.1) is 0 Å². The lowest BCUT2D eigenvalue weighted by Crippen LogP contribution is -2.47. The quantitative estimate of drug-likeness (QED) is 0.803. The summed E-state index contributed by atoms with van der Waals surface area (Å²) in [6, 6.07) is 3.80. The molecule has 0 aromatic carbocycles. The molecule has 2 saturated heterocycles. The highest BCUT2D eigenvalue weighted by molar-refractivity contribution is 5.95. The first-order chi connectivity index (χ1) is 14.5. The van der Waals surface area contributed by atoms with Gasteiger partial charge in [0, 0.05) is 62.6 Å². The van der Waals surface area contributed by atoms with Gasteiger partial charge in [-0.3, -0.25) is 4.79 Å². The molecule has 2 N–H and O–H groups in total. The Balaban J connectivity index is 1.37. The first kappa shape index (κ1) is 19.2. The molecule has 0 saturated carbocycles. The number of hydrogen-bond acceptors (Lipinski definition) is 7. The molecule has 1 atom stereocenters. The van der Waals surface area contributed by atoms with Gasteiger partial charge in [-0.1, -0.05) is 0 Å². The fraction of sp³-hybridized carbons (Fsp3) is 0.545. The molecule has 8 nitrogen and oxygen atoms in total. The topological polar surface area (TPSA) is 91.5 Å². The number of fused-ring (bicyclic) bond motifs is 2. The monoisotopic (exact) mass is 407 g/mol. The number of hydrogen-bond donors (Lipinski definition) is 1. The standard InChI is InChI=1S/C22H29N7O/c1-27-9-11-28(12-10-27)20(30)16-4-7-24-18(13-16)29-8-2-5-22(15-29)6-3-17-14-25-21(23)26-19(17)22/h4,7,13-14H,2-3,5-6,8-12,15H2,1H3,(H2,23,25,26). The van der Waals surface area contributed by atoms with E-state index in [1.807, 2.05) is 23.2 Å². The molecule has 2 fully saturated rings. The Kier molecular flexibility index (Phi) is 4.81. The Morgan fingerprint density at radius 3 is 2.80 bits per heavy atom. The maximum Gasteiger partial charge on any atom is 0.254 e. The number of nitrogen functional groups attached to an aromatic ring is 1. The summed E-state index contributed by atoms with van der Waals surface area (Å²) >= 11 is 0. The van der Waals surface area contributed by atoms with Crippen LogP contribution in [0.25, 0.3) is 0 Å². The van der Waals surface area contributed by atoms with Gasteiger partial charge < -0.3 is 20.4 Å². The SMILES string of the molecule is CN1CCN(C(=O)c2ccnc(N3CCCC4(CCc5cnc(N)nc54)C3)c2)CC1. The summed E-state index contributed by atoms with van der Waals surface area (Å²) < 4.78 is 0. The van der Waals surface area contributed by atoms with Gasteiger partial charge in [0.1, 0.15) is 5.82 Å². The van der Waals surface area contributed by atoms with E-state index in [2.05, 4.69) is 31.8 Å². The van der Waals surface area contributed by atoms with Gasteiger partial charge in [-0.15, -0.1) is 0 Å². The molecule has 158 valence electrons. The van der Waals surface area contributed by atoms with Crippen molar-refractivity contribution in [1.29, 1.82) is 0 Å². The lowest BCUT2D eigenvalue weighted by molar-refractivity contribution is 0.0664. The van der Waals surface area contributed by atoms with E-state index in [-0.39, 0.29) is 11.3 Å². The number of aromatic nitrogens is 3. The molecular weight excluding hydrogens is 378 g/mol. The molecule has 5 rings (SSSR count). The molecule has 1 aliphatic carbocycles. The van der Waals surface area contributed by atoms with Crippen molar-refractivity contribution in [3.8, 4) is 0 Å². The third kappa shape index (κ3) is 3.39. The van der Waals surface area contributed by atoms with Crippen LogP contribution in [0.3, 0.4) is 0 Å². The molecule has 0 bridgehead atoms. The fourth-order valence-electron chi connectivity index (χ4n) is 5.20. The number of piperidine rings is 1. The van der Waals surface area contributed by atoms with Crippen LogP contribution in [0.4, 0.5) is 11.8 Å². The predicted molar refractivity (Wildman–Crippen MR) is 116 cm³/mol. The molecular formula is C22H29N7O. The Morgan fingerprint density at radius 1 is 1.13 bits per heavy atom. The number of nitrogens with two attached hydrogens (primary N) is 1. The Labute approximate surface area is 177 Å². The van der Waals surface area contributed by atoms with Gasteiger partial charge in [0.15, 0.2) is 0 Å². The molecule has 1 spiro atoms. The average Bonchev–Trinajstić information content (AvgIpc) is 3.11. The number of pyridine rings is 1. The second-order valence-corrected chi connectivity index (χ2v) is 8.91. The number of carbonyl (C=O) groups is 1. The van der Waals surface area contributed by atoms with E-state index < -0.39 is 0 Å². The third-order valence-electron chi connectivity index (χ3n) is 6.94. The van der Waals surface area contributed by atoms with Crippen LogP contribution in [0.2, 0.25) is 0 Å². The van der Waals surface area contributed by atoms with Crippen LogP contribution >= 0.6 is 0 Å². The van der Waals surface area contributed by atoms with Crippen molar-refractivity contribution in [3.63, 3.8) is 0 Å². The van der Waals surface area contributed by atoms with Crippen LogP contribution in [0.15, 0.2) is 24.5 Å². The summed E-state index contributed by atoms with van der Waals surface area (Å²) in [5.41, 5.74) is 8.97. The summed E-state index contributed by atoms with van der Waals surface area (Å²) in [6.45, 7) is 5.19. The van der Waals surface area contributed by atoms with Crippen LogP contribution in [-0.4, -0.2) is 77.0 Å². The smallest absolute Gasteiger partial charge is 0.254 e. The zero-order chi connectivity index (χ0) is 20.7. The lowest BCUT2D eigenvalue weighted by atomic mass is 9.77. The summed E-state index contributed by atoms with van der Waals surface area (Å²) in [5, 5.41) is 0. The van der Waals surface area contributed by atoms with Crippen LogP contribution < -0.4 is 10.6 Å². The second kappa shape index (κ2) is 7.50. The van der Waals surface area contributed by atoms with Gasteiger partial charge in [-0.25, -0.2) is 15.0 Å². The van der Waals surface area contributed by atoms with Crippen molar-refractivity contribution in [2.75, 3.05) is 56.9 Å². The van der Waals surface area contributed by atoms with Crippen molar-refractivity contribution in [3.05, 3.63) is 41.3 Å². The van der Waals surface area contributed by atoms with Crippen molar-refractivity contribution in [2.24, 2.45) is 0 Å². The molecule has 1 amide bonds. The minimum atomic E-state index is 0.00376. The fourth-order valence-corrected chi connectivity index (χ4v) is 5.20. The maximum atomic E-state index is 13.0. The van der Waals surface area contributed by atoms with Crippen molar-refractivity contribution >= 4 is 17.7 Å². The summed E-state index contributed by atoms with van der Waals surface area (Å²) in [4.78, 5) is 33.0. The van der Waals surface area contributed by atoms with E-state index in [1.165, 1.54) is 5.56 Å². The van der Waals surface area contributed by atoms with Gasteiger partial charge in [0.2, 0.25) is 5.95 Å². The van der Waals surface area contributed by atoms with E-state index in [0.717, 1.165) is 82.0 Å². The molecule has 4 heterocycles.